The fraction of sp³-hybridized carbons (Fsp3) is 0.133. The monoisotopic (exact) mass is 348 g/mol. The van der Waals surface area contributed by atoms with Crippen LogP contribution >= 0.6 is 23.4 Å². The standard InChI is InChI=1S/C15H13ClN4O2S/c1-8(23-14-10(16)3-2-6-17-14)13(21)18-9-4-5-11-12(7-9)20-15(22)19-11/h2-8H,1H3,(H,18,21)(H2,19,20,22). The van der Waals surface area contributed by atoms with Gasteiger partial charge in [0.25, 0.3) is 0 Å². The van der Waals surface area contributed by atoms with Gasteiger partial charge in [0, 0.05) is 11.9 Å². The molecule has 0 spiro atoms. The van der Waals surface area contributed by atoms with E-state index in [0.717, 1.165) is 0 Å². The van der Waals surface area contributed by atoms with Crippen LogP contribution in [0, 0.1) is 0 Å². The molecule has 0 bridgehead atoms. The third-order valence-corrected chi connectivity index (χ3v) is 4.70. The highest BCUT2D eigenvalue weighted by Crippen LogP contribution is 2.28. The highest BCUT2D eigenvalue weighted by Gasteiger charge is 2.17. The quantitative estimate of drug-likeness (QED) is 0.632. The molecule has 118 valence electrons. The van der Waals surface area contributed by atoms with E-state index in [1.54, 1.807) is 43.5 Å². The third-order valence-electron chi connectivity index (χ3n) is 3.17. The van der Waals surface area contributed by atoms with Crippen molar-refractivity contribution in [1.82, 2.24) is 15.0 Å². The summed E-state index contributed by atoms with van der Waals surface area (Å²) in [4.78, 5) is 33.0. The Hall–Kier alpha value is -2.25. The average molecular weight is 349 g/mol. The lowest BCUT2D eigenvalue weighted by atomic mass is 10.2. The fourth-order valence-electron chi connectivity index (χ4n) is 2.03. The number of imidazole rings is 1. The number of halogens is 1. The van der Waals surface area contributed by atoms with Gasteiger partial charge in [-0.15, -0.1) is 0 Å². The van der Waals surface area contributed by atoms with E-state index in [1.165, 1.54) is 11.8 Å². The molecular weight excluding hydrogens is 336 g/mol. The first-order valence-electron chi connectivity index (χ1n) is 6.83. The lowest BCUT2D eigenvalue weighted by Crippen LogP contribution is -2.22. The molecule has 8 heteroatoms. The minimum absolute atomic E-state index is 0.172. The van der Waals surface area contributed by atoms with Crippen molar-refractivity contribution >= 4 is 46.0 Å². The molecule has 2 heterocycles. The number of carbonyl (C=O) groups is 1. The number of hydrogen-bond acceptors (Lipinski definition) is 4. The molecule has 3 aromatic rings. The molecule has 0 aliphatic rings. The number of anilines is 1. The first-order chi connectivity index (χ1) is 11.0. The Balaban J connectivity index is 1.72. The van der Waals surface area contributed by atoms with Gasteiger partial charge in [0.2, 0.25) is 5.91 Å². The van der Waals surface area contributed by atoms with Crippen LogP contribution in [-0.2, 0) is 4.79 Å². The van der Waals surface area contributed by atoms with Crippen molar-refractivity contribution < 1.29 is 4.79 Å². The Morgan fingerprint density at radius 1 is 1.30 bits per heavy atom. The summed E-state index contributed by atoms with van der Waals surface area (Å²) < 4.78 is 0. The number of nitrogens with zero attached hydrogens (tertiary/aromatic N) is 1. The second-order valence-electron chi connectivity index (χ2n) is 4.88. The van der Waals surface area contributed by atoms with Crippen molar-refractivity contribution in [2.75, 3.05) is 5.32 Å². The van der Waals surface area contributed by atoms with Crippen molar-refractivity contribution in [3.8, 4) is 0 Å². The van der Waals surface area contributed by atoms with Gasteiger partial charge in [-0.1, -0.05) is 23.4 Å². The summed E-state index contributed by atoms with van der Waals surface area (Å²) in [7, 11) is 0. The molecule has 1 unspecified atom stereocenters. The Morgan fingerprint density at radius 3 is 2.87 bits per heavy atom. The predicted octanol–water partition coefficient (Wildman–Crippen LogP) is 3.02. The lowest BCUT2D eigenvalue weighted by molar-refractivity contribution is -0.115. The molecule has 0 saturated carbocycles. The van der Waals surface area contributed by atoms with Crippen LogP contribution in [0.5, 0.6) is 0 Å². The van der Waals surface area contributed by atoms with Crippen molar-refractivity contribution in [3.05, 3.63) is 52.0 Å². The minimum atomic E-state index is -0.372. The molecule has 0 fully saturated rings. The molecule has 2 aromatic heterocycles. The van der Waals surface area contributed by atoms with Gasteiger partial charge in [-0.2, -0.15) is 0 Å². The van der Waals surface area contributed by atoms with Gasteiger partial charge in [0.15, 0.2) is 0 Å². The number of H-pyrrole nitrogens is 2. The molecule has 1 atom stereocenters. The maximum atomic E-state index is 12.3. The number of amides is 1. The molecule has 3 rings (SSSR count). The molecule has 0 saturated heterocycles. The number of thioether (sulfide) groups is 1. The van der Waals surface area contributed by atoms with E-state index in [9.17, 15) is 9.59 Å². The number of fused-ring (bicyclic) bond motifs is 1. The smallest absolute Gasteiger partial charge is 0.323 e. The Kier molecular flexibility index (Phi) is 4.40. The summed E-state index contributed by atoms with van der Waals surface area (Å²) in [6, 6.07) is 8.64. The zero-order chi connectivity index (χ0) is 16.4. The lowest BCUT2D eigenvalue weighted by Gasteiger charge is -2.12. The molecule has 6 nitrogen and oxygen atoms in total. The van der Waals surface area contributed by atoms with Crippen LogP contribution in [-0.4, -0.2) is 26.1 Å². The third kappa shape index (κ3) is 3.57. The first-order valence-corrected chi connectivity index (χ1v) is 8.09. The Morgan fingerprint density at radius 2 is 2.09 bits per heavy atom. The summed E-state index contributed by atoms with van der Waals surface area (Å²) in [5.74, 6) is -0.172. The number of hydrogen-bond donors (Lipinski definition) is 3. The molecular formula is C15H13ClN4O2S. The summed E-state index contributed by atoms with van der Waals surface area (Å²) in [6.45, 7) is 1.78. The van der Waals surface area contributed by atoms with Crippen molar-refractivity contribution in [3.63, 3.8) is 0 Å². The number of pyridine rings is 1. The largest absolute Gasteiger partial charge is 0.325 e. The van der Waals surface area contributed by atoms with Crippen LogP contribution in [0.4, 0.5) is 5.69 Å². The van der Waals surface area contributed by atoms with Gasteiger partial charge in [-0.05, 0) is 37.3 Å². The van der Waals surface area contributed by atoms with Crippen LogP contribution in [0.1, 0.15) is 6.92 Å². The van der Waals surface area contributed by atoms with Gasteiger partial charge in [-0.3, -0.25) is 4.79 Å². The first kappa shape index (κ1) is 15.6. The van der Waals surface area contributed by atoms with Crippen LogP contribution < -0.4 is 11.0 Å². The molecule has 0 aliphatic heterocycles. The molecule has 3 N–H and O–H groups in total. The highest BCUT2D eigenvalue weighted by atomic mass is 35.5. The van der Waals surface area contributed by atoms with E-state index in [-0.39, 0.29) is 16.8 Å². The van der Waals surface area contributed by atoms with E-state index in [0.29, 0.717) is 26.8 Å². The Labute approximate surface area is 140 Å². The number of rotatable bonds is 4. The van der Waals surface area contributed by atoms with Crippen molar-refractivity contribution in [2.24, 2.45) is 0 Å². The zero-order valence-corrected chi connectivity index (χ0v) is 13.7. The molecule has 1 aromatic carbocycles. The average Bonchev–Trinajstić information content (AvgIpc) is 2.88. The summed E-state index contributed by atoms with van der Waals surface area (Å²) >= 11 is 7.33. The van der Waals surface area contributed by atoms with Crippen LogP contribution in [0.3, 0.4) is 0 Å². The number of aromatic amines is 2. The number of benzene rings is 1. The van der Waals surface area contributed by atoms with Crippen LogP contribution in [0.15, 0.2) is 46.3 Å². The summed E-state index contributed by atoms with van der Waals surface area (Å²) in [6.07, 6.45) is 1.63. The topological polar surface area (TPSA) is 90.6 Å². The van der Waals surface area contributed by atoms with E-state index < -0.39 is 0 Å². The molecule has 1 amide bonds. The second-order valence-corrected chi connectivity index (χ2v) is 6.62. The van der Waals surface area contributed by atoms with Crippen LogP contribution in [0.25, 0.3) is 11.0 Å². The SMILES string of the molecule is CC(Sc1ncccc1Cl)C(=O)Nc1ccc2[nH]c(=O)[nH]c2c1. The number of carbonyl (C=O) groups excluding carboxylic acids is 1. The molecule has 23 heavy (non-hydrogen) atoms. The molecule has 0 radical (unpaired) electrons. The maximum absolute atomic E-state index is 12.3. The second kappa shape index (κ2) is 6.47. The number of aromatic nitrogens is 3. The normalized spacial score (nSPS) is 12.3. The van der Waals surface area contributed by atoms with Gasteiger partial charge in [0.1, 0.15) is 5.03 Å². The Bertz CT molecular complexity index is 921. The summed E-state index contributed by atoms with van der Waals surface area (Å²) in [5, 5.41) is 3.57. The van der Waals surface area contributed by atoms with Crippen LogP contribution in [0.2, 0.25) is 5.02 Å². The van der Waals surface area contributed by atoms with Crippen molar-refractivity contribution in [2.45, 2.75) is 17.2 Å². The van der Waals surface area contributed by atoms with Gasteiger partial charge in [-0.25, -0.2) is 9.78 Å². The fourth-order valence-corrected chi connectivity index (χ4v) is 3.09. The minimum Gasteiger partial charge on any atom is -0.325 e. The van der Waals surface area contributed by atoms with E-state index in [1.807, 2.05) is 0 Å². The van der Waals surface area contributed by atoms with E-state index in [4.69, 9.17) is 11.6 Å². The van der Waals surface area contributed by atoms with Gasteiger partial charge >= 0.3 is 5.69 Å². The van der Waals surface area contributed by atoms with Gasteiger partial charge in [0.05, 0.1) is 21.3 Å². The number of nitrogens with one attached hydrogen (secondary N) is 3. The van der Waals surface area contributed by atoms with Gasteiger partial charge < -0.3 is 15.3 Å². The molecule has 0 aliphatic carbocycles. The predicted molar refractivity (Wildman–Crippen MR) is 92.1 cm³/mol. The van der Waals surface area contributed by atoms with E-state index in [2.05, 4.69) is 20.3 Å². The maximum Gasteiger partial charge on any atom is 0.323 e. The van der Waals surface area contributed by atoms with E-state index >= 15 is 0 Å². The highest BCUT2D eigenvalue weighted by molar-refractivity contribution is 8.00. The zero-order valence-electron chi connectivity index (χ0n) is 12.1. The summed E-state index contributed by atoms with van der Waals surface area (Å²) in [5.41, 5.74) is 1.66. The van der Waals surface area contributed by atoms with Crippen molar-refractivity contribution in [1.29, 1.82) is 0 Å².